The van der Waals surface area contributed by atoms with Crippen LogP contribution in [0.2, 0.25) is 0 Å². The third kappa shape index (κ3) is 1.91. The standard InChI is InChI=1S/C8H7FN2O3/c9-5-1-2-6(8(12)4-10)7(3-5)11(13)14/h1-3H,4,10H2. The lowest BCUT2D eigenvalue weighted by atomic mass is 10.1. The molecule has 1 aromatic carbocycles. The van der Waals surface area contributed by atoms with Gasteiger partial charge in [0.25, 0.3) is 5.69 Å². The molecule has 2 N–H and O–H groups in total. The molecule has 0 saturated carbocycles. The normalized spacial score (nSPS) is 9.86. The number of Topliss-reactive ketones (excluding diaryl/α,β-unsaturated/α-hetero) is 1. The van der Waals surface area contributed by atoms with Crippen LogP contribution in [0.4, 0.5) is 10.1 Å². The first-order valence-corrected chi connectivity index (χ1v) is 3.73. The molecule has 0 unspecified atom stereocenters. The molecule has 0 aliphatic carbocycles. The molecular weight excluding hydrogens is 191 g/mol. The molecule has 5 nitrogen and oxygen atoms in total. The van der Waals surface area contributed by atoms with Gasteiger partial charge in [-0.1, -0.05) is 0 Å². The number of halogens is 1. The van der Waals surface area contributed by atoms with E-state index in [1.165, 1.54) is 0 Å². The molecule has 0 bridgehead atoms. The maximum absolute atomic E-state index is 12.6. The highest BCUT2D eigenvalue weighted by atomic mass is 19.1. The molecule has 0 amide bonds. The largest absolute Gasteiger partial charge is 0.324 e. The average molecular weight is 198 g/mol. The summed E-state index contributed by atoms with van der Waals surface area (Å²) in [4.78, 5) is 20.7. The molecule has 14 heavy (non-hydrogen) atoms. The number of benzene rings is 1. The molecule has 1 rings (SSSR count). The number of ketones is 1. The minimum atomic E-state index is -0.814. The maximum atomic E-state index is 12.6. The number of carbonyl (C=O) groups is 1. The first kappa shape index (κ1) is 10.3. The summed E-state index contributed by atoms with van der Waals surface area (Å²) in [7, 11) is 0. The predicted molar refractivity (Wildman–Crippen MR) is 46.4 cm³/mol. The number of nitrogens with zero attached hydrogens (tertiary/aromatic N) is 1. The number of hydrogen-bond donors (Lipinski definition) is 1. The number of hydrogen-bond acceptors (Lipinski definition) is 4. The van der Waals surface area contributed by atoms with Crippen LogP contribution in [0.25, 0.3) is 0 Å². The Kier molecular flexibility index (Phi) is 2.88. The fourth-order valence-electron chi connectivity index (χ4n) is 1.00. The highest BCUT2D eigenvalue weighted by Gasteiger charge is 2.19. The SMILES string of the molecule is NCC(=O)c1ccc(F)cc1[N+](=O)[O-]. The van der Waals surface area contributed by atoms with Crippen molar-refractivity contribution in [1.29, 1.82) is 0 Å². The Balaban J connectivity index is 3.28. The zero-order valence-corrected chi connectivity index (χ0v) is 7.07. The third-order valence-electron chi connectivity index (χ3n) is 1.64. The van der Waals surface area contributed by atoms with Gasteiger partial charge in [0.05, 0.1) is 23.1 Å². The van der Waals surface area contributed by atoms with E-state index in [1.807, 2.05) is 0 Å². The van der Waals surface area contributed by atoms with E-state index in [4.69, 9.17) is 5.73 Å². The molecule has 0 heterocycles. The van der Waals surface area contributed by atoms with E-state index in [0.29, 0.717) is 6.07 Å². The molecule has 0 aliphatic heterocycles. The number of nitro benzene ring substituents is 1. The summed E-state index contributed by atoms with van der Waals surface area (Å²) in [5.74, 6) is -1.35. The van der Waals surface area contributed by atoms with Gasteiger partial charge >= 0.3 is 0 Å². The first-order chi connectivity index (χ1) is 6.56. The predicted octanol–water partition coefficient (Wildman–Crippen LogP) is 0.875. The van der Waals surface area contributed by atoms with Crippen molar-refractivity contribution in [3.05, 3.63) is 39.7 Å². The number of rotatable bonds is 3. The van der Waals surface area contributed by atoms with Gasteiger partial charge in [-0.15, -0.1) is 0 Å². The van der Waals surface area contributed by atoms with Gasteiger partial charge in [-0.25, -0.2) is 4.39 Å². The van der Waals surface area contributed by atoms with Gasteiger partial charge in [-0.3, -0.25) is 14.9 Å². The lowest BCUT2D eigenvalue weighted by Crippen LogP contribution is -2.15. The van der Waals surface area contributed by atoms with Crippen molar-refractivity contribution in [3.63, 3.8) is 0 Å². The number of nitrogens with two attached hydrogens (primary N) is 1. The molecule has 0 saturated heterocycles. The van der Waals surface area contributed by atoms with Crippen molar-refractivity contribution < 1.29 is 14.1 Å². The van der Waals surface area contributed by atoms with Crippen molar-refractivity contribution >= 4 is 11.5 Å². The van der Waals surface area contributed by atoms with E-state index in [-0.39, 0.29) is 12.1 Å². The maximum Gasteiger partial charge on any atom is 0.283 e. The summed E-state index contributed by atoms with van der Waals surface area (Å²) in [6, 6.07) is 2.74. The lowest BCUT2D eigenvalue weighted by Gasteiger charge is -1.99. The molecular formula is C8H7FN2O3. The summed E-state index contributed by atoms with van der Waals surface area (Å²) in [6.07, 6.45) is 0. The minimum absolute atomic E-state index is 0.168. The van der Waals surface area contributed by atoms with Crippen LogP contribution in [0.15, 0.2) is 18.2 Å². The number of nitro groups is 1. The molecule has 74 valence electrons. The van der Waals surface area contributed by atoms with Crippen LogP contribution in [0.3, 0.4) is 0 Å². The fourth-order valence-corrected chi connectivity index (χ4v) is 1.00. The van der Waals surface area contributed by atoms with Crippen LogP contribution in [-0.4, -0.2) is 17.3 Å². The summed E-state index contributed by atoms with van der Waals surface area (Å²) < 4.78 is 12.6. The van der Waals surface area contributed by atoms with Crippen LogP contribution >= 0.6 is 0 Å². The Labute approximate surface area is 78.5 Å². The smallest absolute Gasteiger partial charge is 0.283 e. The second-order valence-electron chi connectivity index (χ2n) is 2.55. The first-order valence-electron chi connectivity index (χ1n) is 3.73. The van der Waals surface area contributed by atoms with E-state index >= 15 is 0 Å². The highest BCUT2D eigenvalue weighted by Crippen LogP contribution is 2.19. The second kappa shape index (κ2) is 3.93. The van der Waals surface area contributed by atoms with E-state index in [0.717, 1.165) is 12.1 Å². The van der Waals surface area contributed by atoms with Gasteiger partial charge in [-0.2, -0.15) is 0 Å². The quantitative estimate of drug-likeness (QED) is 0.443. The van der Waals surface area contributed by atoms with Gasteiger partial charge in [0.15, 0.2) is 5.78 Å². The average Bonchev–Trinajstić information content (AvgIpc) is 2.16. The van der Waals surface area contributed by atoms with Crippen molar-refractivity contribution in [2.45, 2.75) is 0 Å². The van der Waals surface area contributed by atoms with Crippen molar-refractivity contribution in [3.8, 4) is 0 Å². The second-order valence-corrected chi connectivity index (χ2v) is 2.55. The molecule has 0 fully saturated rings. The topological polar surface area (TPSA) is 86.2 Å². The lowest BCUT2D eigenvalue weighted by molar-refractivity contribution is -0.385. The summed E-state index contributed by atoms with van der Waals surface area (Å²) in [6.45, 7) is -0.341. The molecule has 6 heteroatoms. The van der Waals surface area contributed by atoms with E-state index in [2.05, 4.69) is 0 Å². The molecule has 0 atom stereocenters. The van der Waals surface area contributed by atoms with Gasteiger partial charge in [0.2, 0.25) is 0 Å². The monoisotopic (exact) mass is 198 g/mol. The molecule has 0 radical (unpaired) electrons. The van der Waals surface area contributed by atoms with Crippen LogP contribution in [0.5, 0.6) is 0 Å². The van der Waals surface area contributed by atoms with Crippen molar-refractivity contribution in [1.82, 2.24) is 0 Å². The Hall–Kier alpha value is -1.82. The Bertz CT molecular complexity index is 392. The summed E-state index contributed by atoms with van der Waals surface area (Å²) in [5.41, 5.74) is 4.32. The van der Waals surface area contributed by atoms with Gasteiger partial charge < -0.3 is 5.73 Å². The molecule has 0 aromatic heterocycles. The highest BCUT2D eigenvalue weighted by molar-refractivity contribution is 6.01. The minimum Gasteiger partial charge on any atom is -0.324 e. The zero-order valence-electron chi connectivity index (χ0n) is 7.07. The van der Waals surface area contributed by atoms with Crippen molar-refractivity contribution in [2.24, 2.45) is 5.73 Å². The Morgan fingerprint density at radius 2 is 2.21 bits per heavy atom. The van der Waals surface area contributed by atoms with E-state index in [9.17, 15) is 19.3 Å². The van der Waals surface area contributed by atoms with E-state index in [1.54, 1.807) is 0 Å². The van der Waals surface area contributed by atoms with Crippen LogP contribution < -0.4 is 5.73 Å². The Morgan fingerprint density at radius 3 is 2.71 bits per heavy atom. The summed E-state index contributed by atoms with van der Waals surface area (Å²) in [5, 5.41) is 10.4. The van der Waals surface area contributed by atoms with Gasteiger partial charge in [0.1, 0.15) is 5.82 Å². The van der Waals surface area contributed by atoms with Gasteiger partial charge in [-0.05, 0) is 12.1 Å². The van der Waals surface area contributed by atoms with Crippen LogP contribution in [0.1, 0.15) is 10.4 Å². The number of carbonyl (C=O) groups excluding carboxylic acids is 1. The fraction of sp³-hybridized carbons (Fsp3) is 0.125. The zero-order chi connectivity index (χ0) is 10.7. The molecule has 0 spiro atoms. The van der Waals surface area contributed by atoms with Gasteiger partial charge in [0, 0.05) is 0 Å². The van der Waals surface area contributed by atoms with Crippen LogP contribution in [0, 0.1) is 15.9 Å². The molecule has 1 aromatic rings. The summed E-state index contributed by atoms with van der Waals surface area (Å²) >= 11 is 0. The Morgan fingerprint density at radius 1 is 1.57 bits per heavy atom. The van der Waals surface area contributed by atoms with Crippen LogP contribution in [-0.2, 0) is 0 Å². The molecule has 0 aliphatic rings. The third-order valence-corrected chi connectivity index (χ3v) is 1.64. The van der Waals surface area contributed by atoms with E-state index < -0.39 is 22.2 Å². The van der Waals surface area contributed by atoms with Crippen molar-refractivity contribution in [2.75, 3.05) is 6.54 Å².